The molecular weight excluding hydrogens is 530 g/mol. The Balaban J connectivity index is 3.47. The quantitative estimate of drug-likeness (QED) is 0.0920. The van der Waals surface area contributed by atoms with Crippen molar-refractivity contribution >= 4 is 14.4 Å². The number of nitrogens with zero attached hydrogens (tertiary/aromatic N) is 1. The number of hydrogen-bond acceptors (Lipinski definition) is 8. The third-order valence-corrected chi connectivity index (χ3v) is 12.1. The van der Waals surface area contributed by atoms with Crippen LogP contribution in [0.1, 0.15) is 87.0 Å². The first kappa shape index (κ1) is 37.0. The Bertz CT molecular complexity index is 762. The number of hydrogen-bond donors (Lipinski definition) is 1. The summed E-state index contributed by atoms with van der Waals surface area (Å²) in [5.41, 5.74) is -0.0121. The van der Waals surface area contributed by atoms with Gasteiger partial charge in [0.2, 0.25) is 0 Å². The van der Waals surface area contributed by atoms with Crippen molar-refractivity contribution in [2.45, 2.75) is 135 Å². The van der Waals surface area contributed by atoms with E-state index >= 15 is 0 Å². The standard InChI is InChI=1S/C30H59NO8Si/c1-12-13-14-15-16-17-18-31(28(33)39-29(2,3)4)24-19-23(20-38-40(10,11)30(5,6)7)25(32)27(37-22-35-9)26(24)36-21-34-8/h19,24-27,32H,12-18,20-22H2,1-11H3/t24-,25+,26?,27?/m1/s1. The van der Waals surface area contributed by atoms with Gasteiger partial charge in [-0.05, 0) is 50.9 Å². The Hall–Kier alpha value is -1.01. The van der Waals surface area contributed by atoms with Gasteiger partial charge in [0.25, 0.3) is 0 Å². The van der Waals surface area contributed by atoms with Crippen LogP contribution < -0.4 is 0 Å². The van der Waals surface area contributed by atoms with Crippen molar-refractivity contribution in [2.24, 2.45) is 0 Å². The minimum Gasteiger partial charge on any atom is -0.444 e. The molecule has 0 fully saturated rings. The molecule has 0 aromatic heterocycles. The minimum absolute atomic E-state index is 0.00295. The highest BCUT2D eigenvalue weighted by atomic mass is 28.4. The third kappa shape index (κ3) is 12.1. The summed E-state index contributed by atoms with van der Waals surface area (Å²) in [5.74, 6) is 0. The van der Waals surface area contributed by atoms with Gasteiger partial charge >= 0.3 is 6.09 Å². The number of aliphatic hydroxyl groups is 1. The van der Waals surface area contributed by atoms with E-state index in [0.717, 1.165) is 19.3 Å². The molecule has 2 unspecified atom stereocenters. The molecule has 0 saturated carbocycles. The maximum Gasteiger partial charge on any atom is 0.410 e. The fourth-order valence-corrected chi connectivity index (χ4v) is 5.26. The maximum atomic E-state index is 13.6. The third-order valence-electron chi connectivity index (χ3n) is 7.64. The molecule has 1 aliphatic carbocycles. The summed E-state index contributed by atoms with van der Waals surface area (Å²) in [7, 11) is 0.948. The van der Waals surface area contributed by atoms with Gasteiger partial charge in [-0.15, -0.1) is 0 Å². The van der Waals surface area contributed by atoms with Crippen molar-refractivity contribution in [3.05, 3.63) is 11.6 Å². The molecule has 0 radical (unpaired) electrons. The van der Waals surface area contributed by atoms with Crippen molar-refractivity contribution in [3.63, 3.8) is 0 Å². The van der Waals surface area contributed by atoms with Crippen LogP contribution in [0.15, 0.2) is 11.6 Å². The number of carbonyl (C=O) groups excluding carboxylic acids is 1. The number of ether oxygens (including phenoxy) is 5. The molecule has 0 saturated heterocycles. The van der Waals surface area contributed by atoms with Gasteiger partial charge in [-0.2, -0.15) is 0 Å². The van der Waals surface area contributed by atoms with Gasteiger partial charge < -0.3 is 33.2 Å². The van der Waals surface area contributed by atoms with Crippen molar-refractivity contribution in [1.29, 1.82) is 0 Å². The Morgan fingerprint density at radius 1 is 0.925 bits per heavy atom. The summed E-state index contributed by atoms with van der Waals surface area (Å²) >= 11 is 0. The Morgan fingerprint density at radius 2 is 1.48 bits per heavy atom. The molecule has 0 heterocycles. The van der Waals surface area contributed by atoms with E-state index in [9.17, 15) is 9.90 Å². The predicted octanol–water partition coefficient (Wildman–Crippen LogP) is 6.25. The van der Waals surface area contributed by atoms with Crippen LogP contribution in [-0.2, 0) is 28.1 Å². The highest BCUT2D eigenvalue weighted by Gasteiger charge is 2.46. The van der Waals surface area contributed by atoms with Crippen LogP contribution in [0.5, 0.6) is 0 Å². The average molecular weight is 590 g/mol. The summed E-state index contributed by atoms with van der Waals surface area (Å²) in [5, 5.41) is 11.5. The van der Waals surface area contributed by atoms with E-state index in [1.54, 1.807) is 4.90 Å². The normalized spacial score (nSPS) is 22.2. The number of unbranched alkanes of at least 4 members (excludes halogenated alkanes) is 5. The zero-order valence-electron chi connectivity index (χ0n) is 27.2. The number of methoxy groups -OCH3 is 2. The topological polar surface area (TPSA) is 95.9 Å². The first-order valence-electron chi connectivity index (χ1n) is 14.8. The molecule has 0 spiro atoms. The van der Waals surface area contributed by atoms with Crippen molar-refractivity contribution < 1.29 is 38.0 Å². The van der Waals surface area contributed by atoms with Crippen LogP contribution in [-0.4, -0.2) is 95.3 Å². The Labute approximate surface area is 245 Å². The second kappa shape index (κ2) is 17.2. The molecule has 40 heavy (non-hydrogen) atoms. The van der Waals surface area contributed by atoms with Gasteiger partial charge in [-0.25, -0.2) is 4.79 Å². The lowest BCUT2D eigenvalue weighted by molar-refractivity contribution is -0.195. The predicted molar refractivity (Wildman–Crippen MR) is 161 cm³/mol. The first-order chi connectivity index (χ1) is 18.6. The highest BCUT2D eigenvalue weighted by Crippen LogP contribution is 2.38. The van der Waals surface area contributed by atoms with Crippen LogP contribution >= 0.6 is 0 Å². The molecule has 1 aliphatic rings. The molecule has 9 nitrogen and oxygen atoms in total. The largest absolute Gasteiger partial charge is 0.444 e. The fraction of sp³-hybridized carbons (Fsp3) is 0.900. The summed E-state index contributed by atoms with van der Waals surface area (Å²) in [4.78, 5) is 15.4. The smallest absolute Gasteiger partial charge is 0.410 e. The molecule has 0 aliphatic heterocycles. The van der Waals surface area contributed by atoms with Gasteiger partial charge in [0.1, 0.15) is 37.5 Å². The Kier molecular flexibility index (Phi) is 15.9. The molecule has 236 valence electrons. The molecular formula is C30H59NO8Si. The first-order valence-corrected chi connectivity index (χ1v) is 17.7. The van der Waals surface area contributed by atoms with E-state index in [1.807, 2.05) is 26.8 Å². The molecule has 0 aromatic carbocycles. The van der Waals surface area contributed by atoms with E-state index in [1.165, 1.54) is 33.5 Å². The summed E-state index contributed by atoms with van der Waals surface area (Å²) in [6.45, 7) is 19.3. The monoisotopic (exact) mass is 589 g/mol. The summed E-state index contributed by atoms with van der Waals surface area (Å²) in [6.07, 6.45) is 5.47. The second-order valence-electron chi connectivity index (χ2n) is 13.2. The van der Waals surface area contributed by atoms with E-state index in [0.29, 0.717) is 12.1 Å². The molecule has 10 heteroatoms. The van der Waals surface area contributed by atoms with E-state index in [4.69, 9.17) is 28.1 Å². The SMILES string of the molecule is CCCCCCCCN(C(=O)OC(C)(C)C)[C@@H]1C=C(CO[Si](C)(C)C(C)(C)C)[C@H](O)C(OCOC)C1OCOC. The van der Waals surface area contributed by atoms with Crippen molar-refractivity contribution in [3.8, 4) is 0 Å². The van der Waals surface area contributed by atoms with Crippen molar-refractivity contribution in [1.82, 2.24) is 4.90 Å². The molecule has 0 aromatic rings. The number of carbonyl (C=O) groups is 1. The Morgan fingerprint density at radius 3 is 2.00 bits per heavy atom. The molecule has 1 rings (SSSR count). The van der Waals surface area contributed by atoms with Crippen LogP contribution in [0, 0.1) is 0 Å². The van der Waals surface area contributed by atoms with E-state index in [-0.39, 0.29) is 25.2 Å². The van der Waals surface area contributed by atoms with Crippen molar-refractivity contribution in [2.75, 3.05) is 41.0 Å². The van der Waals surface area contributed by atoms with Gasteiger partial charge in [-0.1, -0.05) is 65.9 Å². The van der Waals surface area contributed by atoms with Gasteiger partial charge in [0.05, 0.1) is 12.6 Å². The van der Waals surface area contributed by atoms with Crippen LogP contribution in [0.2, 0.25) is 18.1 Å². The lowest BCUT2D eigenvalue weighted by atomic mass is 9.87. The zero-order valence-corrected chi connectivity index (χ0v) is 28.2. The molecule has 1 amide bonds. The second-order valence-corrected chi connectivity index (χ2v) is 18.1. The van der Waals surface area contributed by atoms with E-state index in [2.05, 4.69) is 40.8 Å². The average Bonchev–Trinajstić information content (AvgIpc) is 2.84. The number of aliphatic hydroxyl groups excluding tert-OH is 1. The lowest BCUT2D eigenvalue weighted by Crippen LogP contribution is -2.59. The van der Waals surface area contributed by atoms with Gasteiger partial charge in [0, 0.05) is 20.8 Å². The molecule has 4 atom stereocenters. The maximum absolute atomic E-state index is 13.6. The number of amides is 1. The highest BCUT2D eigenvalue weighted by molar-refractivity contribution is 6.74. The van der Waals surface area contributed by atoms with E-state index < -0.39 is 44.4 Å². The van der Waals surface area contributed by atoms with Crippen LogP contribution in [0.3, 0.4) is 0 Å². The fourth-order valence-electron chi connectivity index (χ4n) is 4.30. The zero-order chi connectivity index (χ0) is 30.6. The molecule has 1 N–H and O–H groups in total. The van der Waals surface area contributed by atoms with Gasteiger partial charge in [-0.3, -0.25) is 4.90 Å². The van der Waals surface area contributed by atoms with Crippen LogP contribution in [0.25, 0.3) is 0 Å². The van der Waals surface area contributed by atoms with Crippen LogP contribution in [0.4, 0.5) is 4.79 Å². The van der Waals surface area contributed by atoms with Gasteiger partial charge in [0.15, 0.2) is 8.32 Å². The summed E-state index contributed by atoms with van der Waals surface area (Å²) in [6, 6.07) is -0.566. The molecule has 0 bridgehead atoms. The summed E-state index contributed by atoms with van der Waals surface area (Å²) < 4.78 is 34.9. The minimum atomic E-state index is -2.12. The number of rotatable bonds is 17. The lowest BCUT2D eigenvalue weighted by Gasteiger charge is -2.45.